The Morgan fingerprint density at radius 2 is 1.85 bits per heavy atom. The Hall–Kier alpha value is -1.28. The number of carbonyl (C=O) groups excluding carboxylic acids is 1. The molecule has 1 aromatic carbocycles. The molecule has 1 rings (SSSR count). The van der Waals surface area contributed by atoms with Crippen molar-refractivity contribution in [2.45, 2.75) is 6.92 Å². The molecule has 0 radical (unpaired) electrons. The van der Waals surface area contributed by atoms with Crippen LogP contribution < -0.4 is 5.73 Å². The van der Waals surface area contributed by atoms with E-state index >= 15 is 0 Å². The Balaban J connectivity index is 3.00. The van der Waals surface area contributed by atoms with Crippen LogP contribution in [0.15, 0.2) is 41.1 Å². The standard InChI is InChI=1S/C10H10ClNO/c1-7(12)9(11)10(13)8-5-3-2-4-6-8/h2-6H,12H2,1H3. The van der Waals surface area contributed by atoms with Crippen molar-refractivity contribution in [1.82, 2.24) is 0 Å². The van der Waals surface area contributed by atoms with Crippen molar-refractivity contribution < 1.29 is 4.79 Å². The van der Waals surface area contributed by atoms with Gasteiger partial charge >= 0.3 is 0 Å². The third-order valence-electron chi connectivity index (χ3n) is 1.58. The largest absolute Gasteiger partial charge is 0.401 e. The van der Waals surface area contributed by atoms with Crippen LogP contribution in [-0.4, -0.2) is 5.78 Å². The fraction of sp³-hybridized carbons (Fsp3) is 0.100. The fourth-order valence-electron chi connectivity index (χ4n) is 0.895. The Labute approximate surface area is 82.0 Å². The van der Waals surface area contributed by atoms with Gasteiger partial charge in [-0.3, -0.25) is 4.79 Å². The highest BCUT2D eigenvalue weighted by Crippen LogP contribution is 2.13. The highest BCUT2D eigenvalue weighted by Gasteiger charge is 2.10. The minimum atomic E-state index is -0.234. The predicted molar refractivity (Wildman–Crippen MR) is 53.5 cm³/mol. The summed E-state index contributed by atoms with van der Waals surface area (Å²) >= 11 is 5.71. The van der Waals surface area contributed by atoms with Gasteiger partial charge in [-0.15, -0.1) is 0 Å². The van der Waals surface area contributed by atoms with Gasteiger partial charge in [0.15, 0.2) is 0 Å². The van der Waals surface area contributed by atoms with Crippen molar-refractivity contribution in [3.8, 4) is 0 Å². The van der Waals surface area contributed by atoms with Crippen LogP contribution in [0.2, 0.25) is 0 Å². The van der Waals surface area contributed by atoms with Gasteiger partial charge in [0, 0.05) is 11.3 Å². The second kappa shape index (κ2) is 4.10. The first-order valence-electron chi connectivity index (χ1n) is 3.84. The van der Waals surface area contributed by atoms with Gasteiger partial charge in [-0.1, -0.05) is 41.9 Å². The molecule has 0 bridgehead atoms. The topological polar surface area (TPSA) is 43.1 Å². The smallest absolute Gasteiger partial charge is 0.206 e. The Kier molecular flexibility index (Phi) is 3.09. The van der Waals surface area contributed by atoms with Gasteiger partial charge in [-0.05, 0) is 6.92 Å². The van der Waals surface area contributed by atoms with Crippen LogP contribution in [0, 0.1) is 0 Å². The molecule has 13 heavy (non-hydrogen) atoms. The lowest BCUT2D eigenvalue weighted by molar-refractivity contribution is 0.104. The van der Waals surface area contributed by atoms with Crippen molar-refractivity contribution in [1.29, 1.82) is 0 Å². The number of halogens is 1. The molecule has 0 aromatic heterocycles. The molecule has 0 amide bonds. The number of nitrogens with two attached hydrogens (primary N) is 1. The molecule has 2 N–H and O–H groups in total. The zero-order valence-electron chi connectivity index (χ0n) is 7.25. The van der Waals surface area contributed by atoms with E-state index in [1.54, 1.807) is 31.2 Å². The van der Waals surface area contributed by atoms with E-state index in [1.807, 2.05) is 6.07 Å². The van der Waals surface area contributed by atoms with Crippen molar-refractivity contribution >= 4 is 17.4 Å². The number of carbonyl (C=O) groups is 1. The van der Waals surface area contributed by atoms with E-state index in [9.17, 15) is 4.79 Å². The van der Waals surface area contributed by atoms with Gasteiger partial charge in [0.1, 0.15) is 5.03 Å². The van der Waals surface area contributed by atoms with E-state index in [1.165, 1.54) is 0 Å². The third-order valence-corrected chi connectivity index (χ3v) is 2.05. The first kappa shape index (κ1) is 9.81. The van der Waals surface area contributed by atoms with Crippen LogP contribution >= 0.6 is 11.6 Å². The van der Waals surface area contributed by atoms with Crippen molar-refractivity contribution in [2.24, 2.45) is 5.73 Å². The number of ketones is 1. The second-order valence-electron chi connectivity index (χ2n) is 2.69. The van der Waals surface area contributed by atoms with E-state index < -0.39 is 0 Å². The van der Waals surface area contributed by atoms with Gasteiger partial charge in [-0.2, -0.15) is 0 Å². The Bertz CT molecular complexity index is 339. The Morgan fingerprint density at radius 1 is 1.31 bits per heavy atom. The number of benzene rings is 1. The van der Waals surface area contributed by atoms with Gasteiger partial charge in [0.25, 0.3) is 0 Å². The molecule has 0 saturated heterocycles. The SMILES string of the molecule is CC(N)=C(Cl)C(=O)c1ccccc1. The molecule has 0 fully saturated rings. The van der Waals surface area contributed by atoms with E-state index in [0.717, 1.165) is 0 Å². The highest BCUT2D eigenvalue weighted by molar-refractivity contribution is 6.45. The van der Waals surface area contributed by atoms with Crippen LogP contribution in [0.1, 0.15) is 17.3 Å². The molecule has 0 aliphatic carbocycles. The van der Waals surface area contributed by atoms with Gasteiger partial charge < -0.3 is 5.73 Å². The van der Waals surface area contributed by atoms with Gasteiger partial charge in [-0.25, -0.2) is 0 Å². The molecular formula is C10H10ClNO. The summed E-state index contributed by atoms with van der Waals surface area (Å²) in [5.74, 6) is -0.234. The highest BCUT2D eigenvalue weighted by atomic mass is 35.5. The first-order chi connectivity index (χ1) is 6.13. The molecule has 0 unspecified atom stereocenters. The summed E-state index contributed by atoms with van der Waals surface area (Å²) in [5, 5.41) is 0.0891. The summed E-state index contributed by atoms with van der Waals surface area (Å²) in [7, 11) is 0. The van der Waals surface area contributed by atoms with Crippen molar-refractivity contribution in [3.63, 3.8) is 0 Å². The van der Waals surface area contributed by atoms with E-state index in [4.69, 9.17) is 17.3 Å². The average Bonchev–Trinajstić information content (AvgIpc) is 2.17. The summed E-state index contributed by atoms with van der Waals surface area (Å²) in [6.07, 6.45) is 0. The lowest BCUT2D eigenvalue weighted by Crippen LogP contribution is -2.05. The van der Waals surface area contributed by atoms with Gasteiger partial charge in [0.2, 0.25) is 5.78 Å². The zero-order chi connectivity index (χ0) is 9.84. The van der Waals surface area contributed by atoms with Gasteiger partial charge in [0.05, 0.1) is 0 Å². The van der Waals surface area contributed by atoms with E-state index in [0.29, 0.717) is 11.3 Å². The predicted octanol–water partition coefficient (Wildman–Crippen LogP) is 2.30. The molecular weight excluding hydrogens is 186 g/mol. The van der Waals surface area contributed by atoms with Crippen LogP contribution in [0.3, 0.4) is 0 Å². The number of hydrogen-bond donors (Lipinski definition) is 1. The number of allylic oxidation sites excluding steroid dienone is 2. The summed E-state index contributed by atoms with van der Waals surface area (Å²) in [6.45, 7) is 1.60. The van der Waals surface area contributed by atoms with E-state index in [-0.39, 0.29) is 10.8 Å². The number of Topliss-reactive ketones (excluding diaryl/α,β-unsaturated/α-hetero) is 1. The van der Waals surface area contributed by atoms with Crippen molar-refractivity contribution in [2.75, 3.05) is 0 Å². The maximum absolute atomic E-state index is 11.5. The summed E-state index contributed by atoms with van der Waals surface area (Å²) in [4.78, 5) is 11.5. The summed E-state index contributed by atoms with van der Waals surface area (Å²) < 4.78 is 0. The van der Waals surface area contributed by atoms with Crippen LogP contribution in [0.5, 0.6) is 0 Å². The third kappa shape index (κ3) is 2.33. The zero-order valence-corrected chi connectivity index (χ0v) is 8.01. The molecule has 2 nitrogen and oxygen atoms in total. The fourth-order valence-corrected chi connectivity index (χ4v) is 1.00. The summed E-state index contributed by atoms with van der Waals surface area (Å²) in [6, 6.07) is 8.80. The van der Waals surface area contributed by atoms with Crippen molar-refractivity contribution in [3.05, 3.63) is 46.6 Å². The molecule has 0 aliphatic heterocycles. The van der Waals surface area contributed by atoms with Crippen LogP contribution in [-0.2, 0) is 0 Å². The molecule has 0 saturated carbocycles. The molecule has 68 valence electrons. The minimum Gasteiger partial charge on any atom is -0.401 e. The minimum absolute atomic E-state index is 0.0891. The summed E-state index contributed by atoms with van der Waals surface area (Å²) in [5.41, 5.74) is 6.30. The monoisotopic (exact) mass is 195 g/mol. The Morgan fingerprint density at radius 3 is 2.31 bits per heavy atom. The molecule has 1 aromatic rings. The average molecular weight is 196 g/mol. The van der Waals surface area contributed by atoms with E-state index in [2.05, 4.69) is 0 Å². The molecule has 0 atom stereocenters. The quantitative estimate of drug-likeness (QED) is 0.581. The molecule has 0 heterocycles. The first-order valence-corrected chi connectivity index (χ1v) is 4.22. The number of hydrogen-bond acceptors (Lipinski definition) is 2. The maximum atomic E-state index is 11.5. The maximum Gasteiger partial charge on any atom is 0.206 e. The number of rotatable bonds is 2. The van der Waals surface area contributed by atoms with Crippen LogP contribution in [0.25, 0.3) is 0 Å². The lowest BCUT2D eigenvalue weighted by atomic mass is 10.1. The lowest BCUT2D eigenvalue weighted by Gasteiger charge is -2.00. The molecule has 0 spiro atoms. The second-order valence-corrected chi connectivity index (χ2v) is 3.07. The molecule has 3 heteroatoms. The molecule has 0 aliphatic rings. The normalized spacial score (nSPS) is 12.2. The van der Waals surface area contributed by atoms with Crippen LogP contribution in [0.4, 0.5) is 0 Å².